The van der Waals surface area contributed by atoms with Gasteiger partial charge in [0.2, 0.25) is 6.41 Å². The van der Waals surface area contributed by atoms with Crippen LogP contribution in [0.3, 0.4) is 0 Å². The third kappa shape index (κ3) is 7.36. The van der Waals surface area contributed by atoms with E-state index in [2.05, 4.69) is 56.4 Å². The van der Waals surface area contributed by atoms with Crippen LogP contribution in [-0.4, -0.2) is 73.6 Å². The number of aromatic amines is 1. The molecule has 36 heavy (non-hydrogen) atoms. The van der Waals surface area contributed by atoms with Crippen LogP contribution in [-0.2, 0) is 22.6 Å². The summed E-state index contributed by atoms with van der Waals surface area (Å²) in [5, 5.41) is 3.19. The van der Waals surface area contributed by atoms with Crippen molar-refractivity contribution in [1.29, 1.82) is 0 Å². The van der Waals surface area contributed by atoms with Crippen LogP contribution >= 0.6 is 0 Å². The lowest BCUT2D eigenvalue weighted by Gasteiger charge is -2.32. The summed E-state index contributed by atoms with van der Waals surface area (Å²) in [5.74, 6) is 1.12. The molecule has 4 rings (SSSR count). The fourth-order valence-electron chi connectivity index (χ4n) is 4.13. The highest BCUT2D eigenvalue weighted by molar-refractivity contribution is 5.83. The molecular weight excluding hydrogens is 458 g/mol. The molecule has 1 fully saturated rings. The number of carbonyl (C=O) groups is 1. The summed E-state index contributed by atoms with van der Waals surface area (Å²) in [6.07, 6.45) is 1.25. The van der Waals surface area contributed by atoms with Gasteiger partial charge in [0.1, 0.15) is 23.2 Å². The van der Waals surface area contributed by atoms with Crippen LogP contribution in [0, 0.1) is 0 Å². The van der Waals surface area contributed by atoms with Crippen molar-refractivity contribution < 1.29 is 14.3 Å². The van der Waals surface area contributed by atoms with E-state index in [1.807, 2.05) is 6.92 Å². The summed E-state index contributed by atoms with van der Waals surface area (Å²) in [6.45, 7) is 8.20. The zero-order chi connectivity index (χ0) is 25.9. The average molecular weight is 496 g/mol. The van der Waals surface area contributed by atoms with Crippen LogP contribution in [0.25, 0.3) is 10.9 Å². The molecule has 1 unspecified atom stereocenters. The number of para-hydroxylation sites is 1. The largest absolute Gasteiger partial charge is 0.494 e. The quantitative estimate of drug-likeness (QED) is 0.440. The highest BCUT2D eigenvalue weighted by Crippen LogP contribution is 2.23. The minimum absolute atomic E-state index is 0.176. The second kappa shape index (κ2) is 13.7. The first-order valence-corrected chi connectivity index (χ1v) is 12.2. The SMILES string of the molecule is CCC(OC)c1nc2c(OC)cccc2c(=O)[nH]1.CN1CCN(Cc2ccc(CNC=O)cc2)CC1. The Bertz CT molecular complexity index is 1150. The Hall–Kier alpha value is -3.27. The van der Waals surface area contributed by atoms with Crippen molar-refractivity contribution in [2.75, 3.05) is 47.4 Å². The van der Waals surface area contributed by atoms with Gasteiger partial charge in [-0.3, -0.25) is 14.5 Å². The Morgan fingerprint density at radius 2 is 1.78 bits per heavy atom. The molecule has 9 heteroatoms. The van der Waals surface area contributed by atoms with Crippen LogP contribution in [0.5, 0.6) is 5.75 Å². The maximum absolute atomic E-state index is 12.0. The number of fused-ring (bicyclic) bond motifs is 1. The second-order valence-electron chi connectivity index (χ2n) is 8.83. The number of nitrogens with one attached hydrogen (secondary N) is 2. The molecule has 1 aliphatic heterocycles. The predicted octanol–water partition coefficient (Wildman–Crippen LogP) is 2.71. The fraction of sp³-hybridized carbons (Fsp3) is 0.444. The molecule has 2 aromatic carbocycles. The molecule has 2 heterocycles. The molecule has 0 aliphatic carbocycles. The molecule has 1 atom stereocenters. The van der Waals surface area contributed by atoms with Crippen molar-refractivity contribution in [3.05, 3.63) is 69.8 Å². The van der Waals surface area contributed by atoms with Crippen LogP contribution in [0.1, 0.15) is 36.4 Å². The number of aromatic nitrogens is 2. The Balaban J connectivity index is 0.000000201. The van der Waals surface area contributed by atoms with Gasteiger partial charge >= 0.3 is 0 Å². The standard InChI is InChI=1S/C14H21N3O.C13H16N2O3/c1-16-6-8-17(9-7-16)11-14-4-2-13(3-5-14)10-15-12-18;1-4-9(17-2)12-14-11-8(13(16)15-12)6-5-7-10(11)18-3/h2-5,12H,6-11H2,1H3,(H,15,18);5-7,9H,4H2,1-3H3,(H,14,15,16). The number of nitrogens with zero attached hydrogens (tertiary/aromatic N) is 3. The maximum atomic E-state index is 12.0. The number of hydrogen-bond donors (Lipinski definition) is 2. The van der Waals surface area contributed by atoms with Gasteiger partial charge in [-0.1, -0.05) is 37.3 Å². The number of H-pyrrole nitrogens is 1. The van der Waals surface area contributed by atoms with E-state index in [0.717, 1.165) is 51.1 Å². The van der Waals surface area contributed by atoms with Crippen molar-refractivity contribution in [3.63, 3.8) is 0 Å². The van der Waals surface area contributed by atoms with E-state index in [1.54, 1.807) is 32.4 Å². The number of ether oxygens (including phenoxy) is 2. The molecular formula is C27H37N5O4. The molecule has 194 valence electrons. The van der Waals surface area contributed by atoms with Gasteiger partial charge in [-0.05, 0) is 36.7 Å². The summed E-state index contributed by atoms with van der Waals surface area (Å²) in [7, 11) is 5.33. The molecule has 1 aliphatic rings. The van der Waals surface area contributed by atoms with Crippen molar-refractivity contribution in [1.82, 2.24) is 25.1 Å². The Kier molecular flexibility index (Phi) is 10.4. The minimum atomic E-state index is -0.216. The Morgan fingerprint density at radius 1 is 1.08 bits per heavy atom. The molecule has 3 aromatic rings. The normalized spacial score (nSPS) is 15.1. The molecule has 0 saturated carbocycles. The minimum Gasteiger partial charge on any atom is -0.494 e. The van der Waals surface area contributed by atoms with E-state index in [0.29, 0.717) is 29.0 Å². The first-order chi connectivity index (χ1) is 17.5. The first kappa shape index (κ1) is 27.3. The summed E-state index contributed by atoms with van der Waals surface area (Å²) >= 11 is 0. The zero-order valence-electron chi connectivity index (χ0n) is 21.6. The van der Waals surface area contributed by atoms with Crippen molar-refractivity contribution in [2.45, 2.75) is 32.5 Å². The topological polar surface area (TPSA) is 99.8 Å². The maximum Gasteiger partial charge on any atom is 0.258 e. The predicted molar refractivity (Wildman–Crippen MR) is 141 cm³/mol. The smallest absolute Gasteiger partial charge is 0.258 e. The lowest BCUT2D eigenvalue weighted by atomic mass is 10.1. The summed E-state index contributed by atoms with van der Waals surface area (Å²) < 4.78 is 10.5. The number of likely N-dealkylation sites (N-methyl/N-ethyl adjacent to an activating group) is 1. The van der Waals surface area contributed by atoms with Gasteiger partial charge < -0.3 is 24.7 Å². The van der Waals surface area contributed by atoms with Crippen LogP contribution in [0.2, 0.25) is 0 Å². The van der Waals surface area contributed by atoms with Gasteiger partial charge in [0, 0.05) is 46.4 Å². The molecule has 1 saturated heterocycles. The van der Waals surface area contributed by atoms with Crippen LogP contribution in [0.15, 0.2) is 47.3 Å². The van der Waals surface area contributed by atoms with Crippen molar-refractivity contribution in [3.8, 4) is 5.75 Å². The number of piperazine rings is 1. The van der Waals surface area contributed by atoms with Crippen LogP contribution in [0.4, 0.5) is 0 Å². The summed E-state index contributed by atoms with van der Waals surface area (Å²) in [5.41, 5.74) is 2.87. The zero-order valence-corrected chi connectivity index (χ0v) is 21.6. The van der Waals surface area contributed by atoms with Crippen molar-refractivity contribution in [2.24, 2.45) is 0 Å². The number of methoxy groups -OCH3 is 2. The van der Waals surface area contributed by atoms with Gasteiger partial charge in [-0.2, -0.15) is 0 Å². The molecule has 1 aromatic heterocycles. The summed E-state index contributed by atoms with van der Waals surface area (Å²) in [4.78, 5) is 34.3. The molecule has 1 amide bonds. The lowest BCUT2D eigenvalue weighted by Crippen LogP contribution is -2.43. The van der Waals surface area contributed by atoms with Crippen molar-refractivity contribution >= 4 is 17.3 Å². The van der Waals surface area contributed by atoms with Gasteiger partial charge in [0.05, 0.1) is 12.5 Å². The van der Waals surface area contributed by atoms with Crippen LogP contribution < -0.4 is 15.6 Å². The monoisotopic (exact) mass is 495 g/mol. The summed E-state index contributed by atoms with van der Waals surface area (Å²) in [6, 6.07) is 13.8. The second-order valence-corrected chi connectivity index (χ2v) is 8.83. The fourth-order valence-corrected chi connectivity index (χ4v) is 4.13. The van der Waals surface area contributed by atoms with E-state index >= 15 is 0 Å². The van der Waals surface area contributed by atoms with E-state index in [4.69, 9.17) is 9.47 Å². The molecule has 9 nitrogen and oxygen atoms in total. The van der Waals surface area contributed by atoms with Gasteiger partial charge in [0.15, 0.2) is 0 Å². The molecule has 0 radical (unpaired) electrons. The van der Waals surface area contributed by atoms with Gasteiger partial charge in [-0.15, -0.1) is 0 Å². The number of benzene rings is 2. The van der Waals surface area contributed by atoms with E-state index in [-0.39, 0.29) is 11.7 Å². The number of carbonyl (C=O) groups excluding carboxylic acids is 1. The molecule has 2 N–H and O–H groups in total. The molecule has 0 spiro atoms. The number of rotatable bonds is 9. The highest BCUT2D eigenvalue weighted by atomic mass is 16.5. The molecule has 0 bridgehead atoms. The Morgan fingerprint density at radius 3 is 2.39 bits per heavy atom. The number of hydrogen-bond acceptors (Lipinski definition) is 7. The first-order valence-electron chi connectivity index (χ1n) is 12.2. The number of amides is 1. The van der Waals surface area contributed by atoms with Gasteiger partial charge in [0.25, 0.3) is 5.56 Å². The van der Waals surface area contributed by atoms with E-state index in [1.165, 1.54) is 5.56 Å². The lowest BCUT2D eigenvalue weighted by molar-refractivity contribution is -0.109. The Labute approximate surface area is 212 Å². The third-order valence-electron chi connectivity index (χ3n) is 6.31. The van der Waals surface area contributed by atoms with Gasteiger partial charge in [-0.25, -0.2) is 4.98 Å². The third-order valence-corrected chi connectivity index (χ3v) is 6.31. The van der Waals surface area contributed by atoms with E-state index < -0.39 is 0 Å². The average Bonchev–Trinajstić information content (AvgIpc) is 2.90. The highest BCUT2D eigenvalue weighted by Gasteiger charge is 2.15. The van der Waals surface area contributed by atoms with E-state index in [9.17, 15) is 9.59 Å².